The van der Waals surface area contributed by atoms with Crippen LogP contribution in [-0.2, 0) is 4.74 Å². The lowest BCUT2D eigenvalue weighted by atomic mass is 10.1. The summed E-state index contributed by atoms with van der Waals surface area (Å²) in [7, 11) is 1.52. The maximum atomic E-state index is 13.6. The average molecular weight is 301 g/mol. The van der Waals surface area contributed by atoms with Crippen molar-refractivity contribution in [1.82, 2.24) is 9.97 Å². The Hall–Kier alpha value is -2.44. The molecule has 1 aromatic heterocycles. The molecule has 2 aromatic carbocycles. The van der Waals surface area contributed by atoms with Gasteiger partial charge in [-0.3, -0.25) is 0 Å². The largest absolute Gasteiger partial charge is 0.467 e. The highest BCUT2D eigenvalue weighted by molar-refractivity contribution is 5.75. The van der Waals surface area contributed by atoms with Crippen molar-refractivity contribution in [3.05, 3.63) is 59.7 Å². The molecule has 1 heterocycles. The number of nitrogens with two attached hydrogens (primary N) is 1. The van der Waals surface area contributed by atoms with E-state index in [4.69, 9.17) is 15.2 Å². The average Bonchev–Trinajstić information content (AvgIpc) is 2.97. The molecule has 0 radical (unpaired) electrons. The van der Waals surface area contributed by atoms with E-state index in [1.165, 1.54) is 25.3 Å². The molecule has 3 rings (SSSR count). The molecular weight excluding hydrogens is 285 g/mol. The molecule has 0 fully saturated rings. The molecule has 0 saturated carbocycles. The number of fused-ring (bicyclic) bond motifs is 1. The molecule has 3 N–H and O–H groups in total. The minimum Gasteiger partial charge on any atom is -0.467 e. The van der Waals surface area contributed by atoms with Gasteiger partial charge in [0.05, 0.1) is 17.1 Å². The Kier molecular flexibility index (Phi) is 4.04. The summed E-state index contributed by atoms with van der Waals surface area (Å²) in [6.07, 6.45) is 0. The topological polar surface area (TPSA) is 73.2 Å². The summed E-state index contributed by atoms with van der Waals surface area (Å²) in [6, 6.07) is 11.2. The standard InChI is InChI=1S/C16H16FN3O2/c1-21-9-22-14-7-6-10(17)8-11(14)15(18)16-19-12-4-2-3-5-13(12)20-16/h2-8,15H,9,18H2,1H3,(H,19,20). The van der Waals surface area contributed by atoms with Gasteiger partial charge in [0, 0.05) is 12.7 Å². The van der Waals surface area contributed by atoms with Crippen LogP contribution >= 0.6 is 0 Å². The maximum absolute atomic E-state index is 13.6. The van der Waals surface area contributed by atoms with Crippen LogP contribution in [0.3, 0.4) is 0 Å². The van der Waals surface area contributed by atoms with Gasteiger partial charge in [0.1, 0.15) is 17.4 Å². The van der Waals surface area contributed by atoms with E-state index < -0.39 is 6.04 Å². The SMILES string of the molecule is COCOc1ccc(F)cc1C(N)c1nc2ccccc2[nH]1. The number of aromatic nitrogens is 2. The molecule has 3 aromatic rings. The van der Waals surface area contributed by atoms with Crippen molar-refractivity contribution in [2.75, 3.05) is 13.9 Å². The Bertz CT molecular complexity index is 755. The fourth-order valence-electron chi connectivity index (χ4n) is 2.28. The molecule has 0 aliphatic heterocycles. The molecule has 5 nitrogen and oxygen atoms in total. The summed E-state index contributed by atoms with van der Waals surface area (Å²) < 4.78 is 23.9. The number of nitrogens with one attached hydrogen (secondary N) is 1. The number of imidazole rings is 1. The van der Waals surface area contributed by atoms with Gasteiger partial charge >= 0.3 is 0 Å². The molecule has 0 bridgehead atoms. The van der Waals surface area contributed by atoms with Crippen LogP contribution in [0, 0.1) is 5.82 Å². The number of hydrogen-bond acceptors (Lipinski definition) is 4. The van der Waals surface area contributed by atoms with Gasteiger partial charge in [-0.25, -0.2) is 9.37 Å². The fourth-order valence-corrected chi connectivity index (χ4v) is 2.28. The molecule has 0 aliphatic rings. The number of ether oxygens (including phenoxy) is 2. The van der Waals surface area contributed by atoms with E-state index in [9.17, 15) is 4.39 Å². The number of methoxy groups -OCH3 is 1. The zero-order chi connectivity index (χ0) is 15.5. The maximum Gasteiger partial charge on any atom is 0.188 e. The highest BCUT2D eigenvalue weighted by atomic mass is 19.1. The van der Waals surface area contributed by atoms with Gasteiger partial charge in [0.15, 0.2) is 6.79 Å². The van der Waals surface area contributed by atoms with Crippen molar-refractivity contribution in [2.45, 2.75) is 6.04 Å². The van der Waals surface area contributed by atoms with Crippen LogP contribution < -0.4 is 10.5 Å². The summed E-state index contributed by atoms with van der Waals surface area (Å²) in [5.74, 6) is 0.636. The van der Waals surface area contributed by atoms with Gasteiger partial charge in [-0.1, -0.05) is 12.1 Å². The number of nitrogens with zero attached hydrogens (tertiary/aromatic N) is 1. The predicted octanol–water partition coefficient (Wildman–Crippen LogP) is 2.73. The van der Waals surface area contributed by atoms with Gasteiger partial charge in [0.2, 0.25) is 0 Å². The lowest BCUT2D eigenvalue weighted by Crippen LogP contribution is -2.16. The van der Waals surface area contributed by atoms with E-state index in [2.05, 4.69) is 9.97 Å². The van der Waals surface area contributed by atoms with Crippen LogP contribution in [0.1, 0.15) is 17.4 Å². The first kappa shape index (κ1) is 14.5. The lowest BCUT2D eigenvalue weighted by molar-refractivity contribution is 0.0502. The number of rotatable bonds is 5. The molecule has 0 aliphatic carbocycles. The highest BCUT2D eigenvalue weighted by Gasteiger charge is 2.18. The third-order valence-electron chi connectivity index (χ3n) is 3.34. The second kappa shape index (κ2) is 6.13. The number of aromatic amines is 1. The second-order valence-corrected chi connectivity index (χ2v) is 4.85. The van der Waals surface area contributed by atoms with Crippen LogP contribution in [0.15, 0.2) is 42.5 Å². The van der Waals surface area contributed by atoms with Crippen molar-refractivity contribution in [1.29, 1.82) is 0 Å². The van der Waals surface area contributed by atoms with Gasteiger partial charge in [0.25, 0.3) is 0 Å². The Morgan fingerprint density at radius 2 is 2.09 bits per heavy atom. The van der Waals surface area contributed by atoms with Crippen molar-refractivity contribution in [3.8, 4) is 5.75 Å². The van der Waals surface area contributed by atoms with Crippen LogP contribution in [0.5, 0.6) is 5.75 Å². The molecular formula is C16H16FN3O2. The number of hydrogen-bond donors (Lipinski definition) is 2. The van der Waals surface area contributed by atoms with Gasteiger partial charge in [-0.05, 0) is 30.3 Å². The zero-order valence-corrected chi connectivity index (χ0v) is 12.0. The number of benzene rings is 2. The second-order valence-electron chi connectivity index (χ2n) is 4.85. The summed E-state index contributed by atoms with van der Waals surface area (Å²) in [5.41, 5.74) is 8.44. The first-order chi connectivity index (χ1) is 10.7. The van der Waals surface area contributed by atoms with Crippen LogP contribution in [-0.4, -0.2) is 23.9 Å². The van der Waals surface area contributed by atoms with E-state index >= 15 is 0 Å². The van der Waals surface area contributed by atoms with E-state index in [0.29, 0.717) is 17.1 Å². The van der Waals surface area contributed by atoms with Crippen LogP contribution in [0.4, 0.5) is 4.39 Å². The first-order valence-corrected chi connectivity index (χ1v) is 6.80. The van der Waals surface area contributed by atoms with Crippen molar-refractivity contribution in [3.63, 3.8) is 0 Å². The predicted molar refractivity (Wildman–Crippen MR) is 81.0 cm³/mol. The summed E-state index contributed by atoms with van der Waals surface area (Å²) >= 11 is 0. The quantitative estimate of drug-likeness (QED) is 0.711. The molecule has 6 heteroatoms. The molecule has 0 amide bonds. The number of halogens is 1. The molecule has 0 saturated heterocycles. The zero-order valence-electron chi connectivity index (χ0n) is 12.0. The Morgan fingerprint density at radius 3 is 2.86 bits per heavy atom. The minimum atomic E-state index is -0.630. The fraction of sp³-hybridized carbons (Fsp3) is 0.188. The first-order valence-electron chi connectivity index (χ1n) is 6.80. The smallest absolute Gasteiger partial charge is 0.188 e. The summed E-state index contributed by atoms with van der Waals surface area (Å²) in [4.78, 5) is 7.60. The lowest BCUT2D eigenvalue weighted by Gasteiger charge is -2.15. The monoisotopic (exact) mass is 301 g/mol. The van der Waals surface area contributed by atoms with Gasteiger partial charge in [-0.2, -0.15) is 0 Å². The molecule has 1 atom stereocenters. The highest BCUT2D eigenvalue weighted by Crippen LogP contribution is 2.29. The van der Waals surface area contributed by atoms with E-state index in [1.54, 1.807) is 0 Å². The Balaban J connectivity index is 1.99. The summed E-state index contributed by atoms with van der Waals surface area (Å²) in [5, 5.41) is 0. The molecule has 114 valence electrons. The van der Waals surface area contributed by atoms with Gasteiger partial charge in [-0.15, -0.1) is 0 Å². The number of H-pyrrole nitrogens is 1. The van der Waals surface area contributed by atoms with E-state index in [0.717, 1.165) is 11.0 Å². The third-order valence-corrected chi connectivity index (χ3v) is 3.34. The summed E-state index contributed by atoms with van der Waals surface area (Å²) in [6.45, 7) is 0.0610. The molecule has 22 heavy (non-hydrogen) atoms. The molecule has 0 spiro atoms. The van der Waals surface area contributed by atoms with E-state index in [1.807, 2.05) is 24.3 Å². The van der Waals surface area contributed by atoms with Crippen molar-refractivity contribution < 1.29 is 13.9 Å². The molecule has 1 unspecified atom stereocenters. The normalized spacial score (nSPS) is 12.5. The van der Waals surface area contributed by atoms with Gasteiger partial charge < -0.3 is 20.2 Å². The number of para-hydroxylation sites is 2. The van der Waals surface area contributed by atoms with E-state index in [-0.39, 0.29) is 12.6 Å². The van der Waals surface area contributed by atoms with Crippen molar-refractivity contribution >= 4 is 11.0 Å². The van der Waals surface area contributed by atoms with Crippen LogP contribution in [0.2, 0.25) is 0 Å². The van der Waals surface area contributed by atoms with Crippen LogP contribution in [0.25, 0.3) is 11.0 Å². The Labute approximate surface area is 126 Å². The Morgan fingerprint density at radius 1 is 1.27 bits per heavy atom. The minimum absolute atomic E-state index is 0.0610. The third kappa shape index (κ3) is 2.79. The van der Waals surface area contributed by atoms with Crippen molar-refractivity contribution in [2.24, 2.45) is 5.73 Å².